The van der Waals surface area contributed by atoms with Gasteiger partial charge in [0.2, 0.25) is 0 Å². The maximum absolute atomic E-state index is 2.43. The first-order valence-electron chi connectivity index (χ1n) is 4.08. The van der Waals surface area contributed by atoms with Crippen molar-refractivity contribution in [2.75, 3.05) is 0 Å². The van der Waals surface area contributed by atoms with E-state index in [0.29, 0.717) is 0 Å². The summed E-state index contributed by atoms with van der Waals surface area (Å²) < 4.78 is 0. The quantitative estimate of drug-likeness (QED) is 0.469. The van der Waals surface area contributed by atoms with Crippen LogP contribution in [0.5, 0.6) is 0 Å². The van der Waals surface area contributed by atoms with Gasteiger partial charge in [-0.1, -0.05) is 19.1 Å². The molecule has 0 radical (unpaired) electrons. The second-order valence-corrected chi connectivity index (χ2v) is 3.45. The fraction of sp³-hybridized carbons (Fsp3) is 0.778. The van der Waals surface area contributed by atoms with E-state index < -0.39 is 0 Å². The second-order valence-electron chi connectivity index (χ2n) is 3.45. The van der Waals surface area contributed by atoms with Crippen molar-refractivity contribution in [1.82, 2.24) is 0 Å². The first-order valence-corrected chi connectivity index (χ1v) is 4.08. The van der Waals surface area contributed by atoms with Gasteiger partial charge < -0.3 is 0 Å². The molecule has 3 unspecified atom stereocenters. The molecule has 2 aliphatic carbocycles. The van der Waals surface area contributed by atoms with E-state index in [1.807, 2.05) is 0 Å². The van der Waals surface area contributed by atoms with Gasteiger partial charge in [-0.3, -0.25) is 0 Å². The van der Waals surface area contributed by atoms with Gasteiger partial charge in [-0.25, -0.2) is 0 Å². The molecule has 3 atom stereocenters. The van der Waals surface area contributed by atoms with Crippen molar-refractivity contribution in [3.63, 3.8) is 0 Å². The van der Waals surface area contributed by atoms with Crippen molar-refractivity contribution >= 4 is 0 Å². The molecule has 0 aliphatic heterocycles. The van der Waals surface area contributed by atoms with E-state index in [1.165, 1.54) is 19.3 Å². The highest BCUT2D eigenvalue weighted by molar-refractivity contribution is 5.09. The van der Waals surface area contributed by atoms with E-state index >= 15 is 0 Å². The number of hydrogen-bond acceptors (Lipinski definition) is 0. The number of hydrogen-bond donors (Lipinski definition) is 0. The third kappa shape index (κ3) is 0.910. The molecule has 9 heavy (non-hydrogen) atoms. The SMILES string of the molecule is CCC1C=CC2CC2C1. The lowest BCUT2D eigenvalue weighted by Gasteiger charge is -2.12. The van der Waals surface area contributed by atoms with Gasteiger partial charge in [0, 0.05) is 0 Å². The molecule has 0 heteroatoms. The van der Waals surface area contributed by atoms with Gasteiger partial charge in [0.1, 0.15) is 0 Å². The average Bonchev–Trinajstić information content (AvgIpc) is 2.64. The zero-order valence-electron chi connectivity index (χ0n) is 6.01. The van der Waals surface area contributed by atoms with Crippen LogP contribution in [0.25, 0.3) is 0 Å². The summed E-state index contributed by atoms with van der Waals surface area (Å²) in [6.45, 7) is 2.29. The van der Waals surface area contributed by atoms with Crippen molar-refractivity contribution in [3.05, 3.63) is 12.2 Å². The molecule has 50 valence electrons. The van der Waals surface area contributed by atoms with Gasteiger partial charge in [-0.05, 0) is 37.0 Å². The Morgan fingerprint density at radius 3 is 2.89 bits per heavy atom. The van der Waals surface area contributed by atoms with Gasteiger partial charge in [0.25, 0.3) is 0 Å². The fourth-order valence-corrected chi connectivity index (χ4v) is 1.85. The van der Waals surface area contributed by atoms with E-state index in [0.717, 1.165) is 17.8 Å². The summed E-state index contributed by atoms with van der Waals surface area (Å²) in [4.78, 5) is 0. The Balaban J connectivity index is 2.00. The molecule has 0 N–H and O–H groups in total. The van der Waals surface area contributed by atoms with Gasteiger partial charge >= 0.3 is 0 Å². The lowest BCUT2D eigenvalue weighted by Crippen LogP contribution is -2.00. The van der Waals surface area contributed by atoms with Crippen molar-refractivity contribution in [3.8, 4) is 0 Å². The van der Waals surface area contributed by atoms with Crippen molar-refractivity contribution in [2.45, 2.75) is 26.2 Å². The number of fused-ring (bicyclic) bond motifs is 1. The molecule has 0 nitrogen and oxygen atoms in total. The van der Waals surface area contributed by atoms with Crippen LogP contribution in [0, 0.1) is 17.8 Å². The largest absolute Gasteiger partial charge is 0.0851 e. The van der Waals surface area contributed by atoms with Gasteiger partial charge in [0.05, 0.1) is 0 Å². The first-order chi connectivity index (χ1) is 4.40. The Kier molecular flexibility index (Phi) is 1.14. The Morgan fingerprint density at radius 2 is 2.22 bits per heavy atom. The summed E-state index contributed by atoms with van der Waals surface area (Å²) in [6.07, 6.45) is 9.18. The van der Waals surface area contributed by atoms with Crippen molar-refractivity contribution in [2.24, 2.45) is 17.8 Å². The molecule has 0 aromatic heterocycles. The fourth-order valence-electron chi connectivity index (χ4n) is 1.85. The van der Waals surface area contributed by atoms with Crippen LogP contribution in [0.1, 0.15) is 26.2 Å². The lowest BCUT2D eigenvalue weighted by atomic mass is 9.94. The Bertz CT molecular complexity index is 135. The van der Waals surface area contributed by atoms with Gasteiger partial charge in [0.15, 0.2) is 0 Å². The molecule has 0 aromatic carbocycles. The predicted molar refractivity (Wildman–Crippen MR) is 39.1 cm³/mol. The molecule has 2 rings (SSSR count). The molecule has 1 saturated carbocycles. The minimum Gasteiger partial charge on any atom is -0.0851 e. The van der Waals surface area contributed by atoms with Crippen LogP contribution in [0.4, 0.5) is 0 Å². The summed E-state index contributed by atoms with van der Waals surface area (Å²) in [7, 11) is 0. The lowest BCUT2D eigenvalue weighted by molar-refractivity contribution is 0.501. The van der Waals surface area contributed by atoms with Crippen LogP contribution in [-0.2, 0) is 0 Å². The predicted octanol–water partition coefficient (Wildman–Crippen LogP) is 2.61. The first kappa shape index (κ1) is 5.52. The summed E-state index contributed by atoms with van der Waals surface area (Å²) in [5, 5.41) is 0. The summed E-state index contributed by atoms with van der Waals surface area (Å²) in [5.74, 6) is 3.03. The Hall–Kier alpha value is -0.260. The standard InChI is InChI=1S/C9H14/c1-2-7-3-4-8-6-9(8)5-7/h3-4,7-9H,2,5-6H2,1H3. The van der Waals surface area contributed by atoms with E-state index in [9.17, 15) is 0 Å². The van der Waals surface area contributed by atoms with Crippen LogP contribution >= 0.6 is 0 Å². The minimum absolute atomic E-state index is 0.925. The van der Waals surface area contributed by atoms with E-state index in [1.54, 1.807) is 0 Å². The summed E-state index contributed by atoms with van der Waals surface area (Å²) in [5.41, 5.74) is 0. The van der Waals surface area contributed by atoms with E-state index in [2.05, 4.69) is 19.1 Å². The molecule has 0 amide bonds. The third-order valence-electron chi connectivity index (χ3n) is 2.74. The average molecular weight is 122 g/mol. The smallest absolute Gasteiger partial charge is 0.0202 e. The van der Waals surface area contributed by atoms with Gasteiger partial charge in [-0.15, -0.1) is 0 Å². The zero-order chi connectivity index (χ0) is 6.27. The van der Waals surface area contributed by atoms with Crippen molar-refractivity contribution < 1.29 is 0 Å². The monoisotopic (exact) mass is 122 g/mol. The molecular weight excluding hydrogens is 108 g/mol. The maximum Gasteiger partial charge on any atom is -0.0202 e. The molecule has 0 heterocycles. The molecule has 0 saturated heterocycles. The summed E-state index contributed by atoms with van der Waals surface area (Å²) >= 11 is 0. The topological polar surface area (TPSA) is 0 Å². The Morgan fingerprint density at radius 1 is 1.33 bits per heavy atom. The highest BCUT2D eigenvalue weighted by Crippen LogP contribution is 2.48. The van der Waals surface area contributed by atoms with Crippen molar-refractivity contribution in [1.29, 1.82) is 0 Å². The molecule has 1 fully saturated rings. The van der Waals surface area contributed by atoms with Crippen LogP contribution < -0.4 is 0 Å². The molecule has 0 bridgehead atoms. The Labute approximate surface area is 57.0 Å². The highest BCUT2D eigenvalue weighted by atomic mass is 14.4. The van der Waals surface area contributed by atoms with E-state index in [-0.39, 0.29) is 0 Å². The highest BCUT2D eigenvalue weighted by Gasteiger charge is 2.38. The summed E-state index contributed by atoms with van der Waals surface area (Å²) in [6, 6.07) is 0. The van der Waals surface area contributed by atoms with Crippen LogP contribution in [0.15, 0.2) is 12.2 Å². The minimum atomic E-state index is 0.925. The van der Waals surface area contributed by atoms with Crippen LogP contribution in [-0.4, -0.2) is 0 Å². The molecular formula is C9H14. The van der Waals surface area contributed by atoms with Crippen LogP contribution in [0.2, 0.25) is 0 Å². The maximum atomic E-state index is 2.43. The zero-order valence-corrected chi connectivity index (χ0v) is 6.01. The number of rotatable bonds is 1. The molecule has 0 spiro atoms. The third-order valence-corrected chi connectivity index (χ3v) is 2.74. The molecule has 2 aliphatic rings. The molecule has 0 aromatic rings. The van der Waals surface area contributed by atoms with Gasteiger partial charge in [-0.2, -0.15) is 0 Å². The second kappa shape index (κ2) is 1.86. The van der Waals surface area contributed by atoms with Crippen LogP contribution in [0.3, 0.4) is 0 Å². The normalized spacial score (nSPS) is 46.6. The van der Waals surface area contributed by atoms with E-state index in [4.69, 9.17) is 0 Å². The number of allylic oxidation sites excluding steroid dienone is 2.